The third-order valence-corrected chi connectivity index (χ3v) is 11.6. The maximum atomic E-state index is 2.42. The maximum absolute atomic E-state index is 2.42. The zero-order valence-electron chi connectivity index (χ0n) is 30.8. The number of fused-ring (bicyclic) bond motifs is 5. The molecule has 0 aliphatic heterocycles. The lowest BCUT2D eigenvalue weighted by Gasteiger charge is -2.23. The van der Waals surface area contributed by atoms with Crippen LogP contribution in [-0.4, -0.2) is 0 Å². The van der Waals surface area contributed by atoms with Crippen LogP contribution >= 0.6 is 0 Å². The molecule has 0 atom stereocenters. The molecule has 0 aliphatic carbocycles. The largest absolute Gasteiger partial charge is 0.0622 e. The van der Waals surface area contributed by atoms with E-state index in [1.54, 1.807) is 0 Å². The fourth-order valence-electron chi connectivity index (χ4n) is 9.16. The van der Waals surface area contributed by atoms with Gasteiger partial charge >= 0.3 is 0 Å². The van der Waals surface area contributed by atoms with Crippen molar-refractivity contribution in [2.75, 3.05) is 0 Å². The number of hydrogen-bond donors (Lipinski definition) is 0. The van der Waals surface area contributed by atoms with E-state index in [1.807, 2.05) is 0 Å². The lowest BCUT2D eigenvalue weighted by atomic mass is 9.80. The summed E-state index contributed by atoms with van der Waals surface area (Å²) in [5.41, 5.74) is 12.5. The standard InChI is InChI=1S/C56H36/c1-3-17-37(18-4-1)38-31-33-39(34-32-38)51-35-41-21-7-8-22-42(41)36-52(51)54-45-25-11-15-29-49(45)56(50-30-16-12-26-46(50)54)55-47-27-13-9-23-43(47)53(40-19-5-2-6-20-40)44-24-10-14-28-48(44)55/h1-36H. The highest BCUT2D eigenvalue weighted by molar-refractivity contribution is 6.30. The monoisotopic (exact) mass is 708 g/mol. The van der Waals surface area contributed by atoms with Gasteiger partial charge in [0.15, 0.2) is 0 Å². The van der Waals surface area contributed by atoms with Crippen LogP contribution in [0.4, 0.5) is 0 Å². The van der Waals surface area contributed by atoms with Gasteiger partial charge in [0, 0.05) is 0 Å². The van der Waals surface area contributed by atoms with Crippen LogP contribution in [0.5, 0.6) is 0 Å². The summed E-state index contributed by atoms with van der Waals surface area (Å²) in [5, 5.41) is 12.5. The smallest absolute Gasteiger partial charge is 0.00139 e. The van der Waals surface area contributed by atoms with Crippen molar-refractivity contribution in [1.29, 1.82) is 0 Å². The predicted molar refractivity (Wildman–Crippen MR) is 241 cm³/mol. The molecule has 0 saturated heterocycles. The minimum absolute atomic E-state index is 1.20. The summed E-state index contributed by atoms with van der Waals surface area (Å²) in [6.07, 6.45) is 0. The van der Waals surface area contributed by atoms with Crippen molar-refractivity contribution in [3.8, 4) is 55.6 Å². The first-order valence-corrected chi connectivity index (χ1v) is 19.4. The highest BCUT2D eigenvalue weighted by Crippen LogP contribution is 2.51. The van der Waals surface area contributed by atoms with Crippen molar-refractivity contribution in [2.45, 2.75) is 0 Å². The Balaban J connectivity index is 1.25. The van der Waals surface area contributed by atoms with Gasteiger partial charge in [-0.25, -0.2) is 0 Å². The summed E-state index contributed by atoms with van der Waals surface area (Å²) in [7, 11) is 0. The Bertz CT molecular complexity index is 3150. The third kappa shape index (κ3) is 5.15. The Kier molecular flexibility index (Phi) is 7.60. The molecule has 0 bridgehead atoms. The zero-order chi connectivity index (χ0) is 37.0. The van der Waals surface area contributed by atoms with Crippen LogP contribution in [0.15, 0.2) is 218 Å². The van der Waals surface area contributed by atoms with Crippen LogP contribution < -0.4 is 0 Å². The fourth-order valence-corrected chi connectivity index (χ4v) is 9.16. The summed E-state index contributed by atoms with van der Waals surface area (Å²) in [5.74, 6) is 0. The molecule has 11 aromatic rings. The molecule has 260 valence electrons. The minimum atomic E-state index is 1.20. The summed E-state index contributed by atoms with van der Waals surface area (Å²) in [6.45, 7) is 0. The average Bonchev–Trinajstić information content (AvgIpc) is 3.28. The van der Waals surface area contributed by atoms with Gasteiger partial charge in [-0.2, -0.15) is 0 Å². The number of benzene rings is 11. The van der Waals surface area contributed by atoms with E-state index in [1.165, 1.54) is 109 Å². The first kappa shape index (κ1) is 32.2. The second-order valence-electron chi connectivity index (χ2n) is 14.7. The van der Waals surface area contributed by atoms with Crippen molar-refractivity contribution >= 4 is 53.9 Å². The Morgan fingerprint density at radius 1 is 0.179 bits per heavy atom. The molecular weight excluding hydrogens is 673 g/mol. The molecule has 11 rings (SSSR count). The molecular formula is C56H36. The lowest BCUT2D eigenvalue weighted by Crippen LogP contribution is -1.95. The van der Waals surface area contributed by atoms with Gasteiger partial charge in [0.05, 0.1) is 0 Å². The van der Waals surface area contributed by atoms with Crippen molar-refractivity contribution in [2.24, 2.45) is 0 Å². The van der Waals surface area contributed by atoms with Gasteiger partial charge in [0.1, 0.15) is 0 Å². The van der Waals surface area contributed by atoms with E-state index >= 15 is 0 Å². The van der Waals surface area contributed by atoms with Gasteiger partial charge in [-0.05, 0) is 122 Å². The molecule has 0 fully saturated rings. The highest BCUT2D eigenvalue weighted by atomic mass is 14.3. The molecule has 56 heavy (non-hydrogen) atoms. The Labute approximate surface area is 326 Å². The second-order valence-corrected chi connectivity index (χ2v) is 14.7. The van der Waals surface area contributed by atoms with Crippen molar-refractivity contribution in [3.05, 3.63) is 218 Å². The van der Waals surface area contributed by atoms with Crippen LogP contribution in [0.1, 0.15) is 0 Å². The first-order chi connectivity index (χ1) is 27.8. The molecule has 0 unspecified atom stereocenters. The van der Waals surface area contributed by atoms with Gasteiger partial charge < -0.3 is 0 Å². The molecule has 0 N–H and O–H groups in total. The van der Waals surface area contributed by atoms with Crippen LogP contribution in [0, 0.1) is 0 Å². The normalized spacial score (nSPS) is 11.6. The van der Waals surface area contributed by atoms with Crippen LogP contribution in [0.2, 0.25) is 0 Å². The van der Waals surface area contributed by atoms with Crippen LogP contribution in [0.25, 0.3) is 109 Å². The Morgan fingerprint density at radius 3 is 0.929 bits per heavy atom. The average molecular weight is 709 g/mol. The summed E-state index contributed by atoms with van der Waals surface area (Å²) in [6, 6.07) is 80.3. The molecule has 0 nitrogen and oxygen atoms in total. The molecule has 0 spiro atoms. The molecule has 0 saturated carbocycles. The first-order valence-electron chi connectivity index (χ1n) is 19.4. The van der Waals surface area contributed by atoms with Gasteiger partial charge in [-0.3, -0.25) is 0 Å². The van der Waals surface area contributed by atoms with E-state index in [0.717, 1.165) is 0 Å². The minimum Gasteiger partial charge on any atom is -0.0622 e. The quantitative estimate of drug-likeness (QED) is 0.156. The predicted octanol–water partition coefficient (Wildman–Crippen LogP) is 15.8. The highest BCUT2D eigenvalue weighted by Gasteiger charge is 2.23. The van der Waals surface area contributed by atoms with Crippen LogP contribution in [0.3, 0.4) is 0 Å². The Hall–Kier alpha value is -7.28. The third-order valence-electron chi connectivity index (χ3n) is 11.6. The fraction of sp³-hybridized carbons (Fsp3) is 0. The topological polar surface area (TPSA) is 0 Å². The molecule has 0 amide bonds. The van der Waals surface area contributed by atoms with E-state index in [4.69, 9.17) is 0 Å². The second kappa shape index (κ2) is 13.2. The van der Waals surface area contributed by atoms with Gasteiger partial charge in [-0.1, -0.05) is 206 Å². The van der Waals surface area contributed by atoms with Gasteiger partial charge in [-0.15, -0.1) is 0 Å². The van der Waals surface area contributed by atoms with Gasteiger partial charge in [0.2, 0.25) is 0 Å². The Morgan fingerprint density at radius 2 is 0.482 bits per heavy atom. The van der Waals surface area contributed by atoms with Gasteiger partial charge in [0.25, 0.3) is 0 Å². The number of rotatable bonds is 5. The van der Waals surface area contributed by atoms with E-state index in [9.17, 15) is 0 Å². The van der Waals surface area contributed by atoms with E-state index in [2.05, 4.69) is 218 Å². The molecule has 11 aromatic carbocycles. The molecule has 0 heteroatoms. The lowest BCUT2D eigenvalue weighted by molar-refractivity contribution is 1.60. The number of hydrogen-bond acceptors (Lipinski definition) is 0. The molecule has 0 heterocycles. The summed E-state index contributed by atoms with van der Waals surface area (Å²) in [4.78, 5) is 0. The molecule has 0 aliphatic rings. The van der Waals surface area contributed by atoms with E-state index < -0.39 is 0 Å². The van der Waals surface area contributed by atoms with Crippen molar-refractivity contribution < 1.29 is 0 Å². The van der Waals surface area contributed by atoms with E-state index in [-0.39, 0.29) is 0 Å². The maximum Gasteiger partial charge on any atom is -0.00139 e. The molecule has 0 aromatic heterocycles. The zero-order valence-corrected chi connectivity index (χ0v) is 30.8. The SMILES string of the molecule is c1ccc(-c2ccc(-c3cc4ccccc4cc3-c3c4ccccc4c(-c4c5ccccc5c(-c5ccccc5)c5ccccc45)c4ccccc34)cc2)cc1. The summed E-state index contributed by atoms with van der Waals surface area (Å²) >= 11 is 0. The van der Waals surface area contributed by atoms with E-state index in [0.29, 0.717) is 0 Å². The van der Waals surface area contributed by atoms with Crippen molar-refractivity contribution in [3.63, 3.8) is 0 Å². The van der Waals surface area contributed by atoms with Crippen molar-refractivity contribution in [1.82, 2.24) is 0 Å². The van der Waals surface area contributed by atoms with Crippen LogP contribution in [-0.2, 0) is 0 Å². The molecule has 0 radical (unpaired) electrons. The summed E-state index contributed by atoms with van der Waals surface area (Å²) < 4.78 is 0.